The van der Waals surface area contributed by atoms with E-state index in [2.05, 4.69) is 0 Å². The fourth-order valence-electron chi connectivity index (χ4n) is 2.27. The predicted molar refractivity (Wildman–Crippen MR) is 94.2 cm³/mol. The first-order chi connectivity index (χ1) is 12.4. The summed E-state index contributed by atoms with van der Waals surface area (Å²) in [7, 11) is 4.20. The Balaban J connectivity index is 2.39. The summed E-state index contributed by atoms with van der Waals surface area (Å²) in [5.74, 6) is -0.157. The molecule has 136 valence electrons. The molecule has 0 heterocycles. The van der Waals surface area contributed by atoms with E-state index < -0.39 is 16.4 Å². The van der Waals surface area contributed by atoms with Gasteiger partial charge in [-0.1, -0.05) is 6.08 Å². The zero-order valence-corrected chi connectivity index (χ0v) is 14.4. The maximum atomic E-state index is 12.5. The Kier molecular flexibility index (Phi) is 5.79. The smallest absolute Gasteiger partial charge is 0.315 e. The number of methoxy groups -OCH3 is 3. The lowest BCUT2D eigenvalue weighted by molar-refractivity contribution is -0.386. The summed E-state index contributed by atoms with van der Waals surface area (Å²) < 4.78 is 15.2. The summed E-state index contributed by atoms with van der Waals surface area (Å²) >= 11 is 0. The molecule has 0 saturated carbocycles. The largest absolute Gasteiger partial charge is 0.500 e. The number of aromatic hydroxyl groups is 1. The van der Waals surface area contributed by atoms with Gasteiger partial charge in [-0.25, -0.2) is 0 Å². The van der Waals surface area contributed by atoms with E-state index in [1.807, 2.05) is 0 Å². The van der Waals surface area contributed by atoms with Gasteiger partial charge in [0.2, 0.25) is 5.75 Å². The Hall–Kier alpha value is -3.55. The molecule has 26 heavy (non-hydrogen) atoms. The van der Waals surface area contributed by atoms with Crippen molar-refractivity contribution in [2.75, 3.05) is 21.3 Å². The first-order valence-corrected chi connectivity index (χ1v) is 7.41. The van der Waals surface area contributed by atoms with Gasteiger partial charge in [0.05, 0.1) is 31.8 Å². The number of benzene rings is 2. The van der Waals surface area contributed by atoms with Gasteiger partial charge in [0.25, 0.3) is 0 Å². The average molecular weight is 359 g/mol. The molecule has 8 nitrogen and oxygen atoms in total. The summed E-state index contributed by atoms with van der Waals surface area (Å²) in [4.78, 5) is 22.8. The minimum absolute atomic E-state index is 0.0646. The molecule has 0 radical (unpaired) electrons. The number of carbonyl (C=O) groups is 1. The van der Waals surface area contributed by atoms with Crippen LogP contribution in [0.15, 0.2) is 36.4 Å². The van der Waals surface area contributed by atoms with E-state index >= 15 is 0 Å². The molecule has 0 saturated heterocycles. The van der Waals surface area contributed by atoms with Crippen molar-refractivity contribution in [3.05, 3.63) is 57.6 Å². The van der Waals surface area contributed by atoms with Gasteiger partial charge in [-0.15, -0.1) is 0 Å². The lowest BCUT2D eigenvalue weighted by Crippen LogP contribution is -2.00. The summed E-state index contributed by atoms with van der Waals surface area (Å²) in [6.07, 6.45) is 2.63. The molecule has 0 aliphatic heterocycles. The van der Waals surface area contributed by atoms with Crippen LogP contribution in [-0.2, 0) is 0 Å². The summed E-state index contributed by atoms with van der Waals surface area (Å²) in [6, 6.07) is 7.33. The standard InChI is InChI=1S/C18H17NO7/c1-24-12-5-7-16(25-2)13(10-12)15(20)6-4-11-8-14(19(22)23)18(21)17(9-11)26-3/h4-10,21H,1-3H3. The molecule has 2 rings (SSSR count). The zero-order valence-electron chi connectivity index (χ0n) is 14.4. The molecule has 0 amide bonds. The fourth-order valence-corrected chi connectivity index (χ4v) is 2.27. The van der Waals surface area contributed by atoms with E-state index in [9.17, 15) is 20.0 Å². The summed E-state index contributed by atoms with van der Waals surface area (Å²) in [5.41, 5.74) is 0.0836. The Bertz CT molecular complexity index is 874. The lowest BCUT2D eigenvalue weighted by Gasteiger charge is -2.08. The van der Waals surface area contributed by atoms with Crippen molar-refractivity contribution in [2.45, 2.75) is 0 Å². The third-order valence-electron chi connectivity index (χ3n) is 3.59. The Morgan fingerprint density at radius 1 is 1.08 bits per heavy atom. The summed E-state index contributed by atoms with van der Waals surface area (Å²) in [5, 5.41) is 20.8. The van der Waals surface area contributed by atoms with Gasteiger partial charge in [-0.05, 0) is 35.9 Å². The maximum absolute atomic E-state index is 12.5. The molecule has 0 aliphatic carbocycles. The number of hydrogen-bond donors (Lipinski definition) is 1. The van der Waals surface area contributed by atoms with Gasteiger partial charge in [0, 0.05) is 6.07 Å². The third kappa shape index (κ3) is 3.92. The zero-order chi connectivity index (χ0) is 19.3. The molecule has 0 bridgehead atoms. The van der Waals surface area contributed by atoms with Crippen molar-refractivity contribution in [1.82, 2.24) is 0 Å². The van der Waals surface area contributed by atoms with Crippen LogP contribution in [0.5, 0.6) is 23.0 Å². The number of ketones is 1. The fraction of sp³-hybridized carbons (Fsp3) is 0.167. The van der Waals surface area contributed by atoms with Crippen LogP contribution in [0, 0.1) is 10.1 Å². The third-order valence-corrected chi connectivity index (χ3v) is 3.59. The molecule has 0 fully saturated rings. The SMILES string of the molecule is COc1ccc(OC)c(C(=O)C=Cc2cc(OC)c(O)c([N+](=O)[O-])c2)c1. The van der Waals surface area contributed by atoms with E-state index in [1.165, 1.54) is 45.6 Å². The van der Waals surface area contributed by atoms with E-state index in [1.54, 1.807) is 12.1 Å². The second-order valence-electron chi connectivity index (χ2n) is 5.11. The number of nitrogens with zero attached hydrogens (tertiary/aromatic N) is 1. The van der Waals surface area contributed by atoms with Crippen LogP contribution in [0.1, 0.15) is 15.9 Å². The minimum atomic E-state index is -0.734. The highest BCUT2D eigenvalue weighted by molar-refractivity contribution is 6.09. The van der Waals surface area contributed by atoms with Gasteiger partial charge in [0.15, 0.2) is 11.5 Å². The lowest BCUT2D eigenvalue weighted by atomic mass is 10.1. The molecular formula is C18H17NO7. The van der Waals surface area contributed by atoms with Crippen molar-refractivity contribution in [2.24, 2.45) is 0 Å². The number of allylic oxidation sites excluding steroid dienone is 1. The second kappa shape index (κ2) is 8.02. The topological polar surface area (TPSA) is 108 Å². The highest BCUT2D eigenvalue weighted by Crippen LogP contribution is 2.37. The van der Waals surface area contributed by atoms with E-state index in [0.29, 0.717) is 17.1 Å². The average Bonchev–Trinajstić information content (AvgIpc) is 2.65. The molecule has 0 aliphatic rings. The molecule has 0 aromatic heterocycles. The molecule has 8 heteroatoms. The molecule has 0 atom stereocenters. The van der Waals surface area contributed by atoms with Gasteiger partial charge < -0.3 is 19.3 Å². The highest BCUT2D eigenvalue weighted by Gasteiger charge is 2.19. The van der Waals surface area contributed by atoms with Crippen LogP contribution in [0.2, 0.25) is 0 Å². The molecule has 2 aromatic rings. The first-order valence-electron chi connectivity index (χ1n) is 7.41. The van der Waals surface area contributed by atoms with Crippen molar-refractivity contribution in [3.8, 4) is 23.0 Å². The quantitative estimate of drug-likeness (QED) is 0.350. The normalized spacial score (nSPS) is 10.6. The summed E-state index contributed by atoms with van der Waals surface area (Å²) in [6.45, 7) is 0. The number of ether oxygens (including phenoxy) is 3. The predicted octanol–water partition coefficient (Wildman–Crippen LogP) is 3.22. The van der Waals surface area contributed by atoms with Crippen LogP contribution in [0.4, 0.5) is 5.69 Å². The number of carbonyl (C=O) groups excluding carboxylic acids is 1. The highest BCUT2D eigenvalue weighted by atomic mass is 16.6. The minimum Gasteiger partial charge on any atom is -0.500 e. The van der Waals surface area contributed by atoms with Crippen LogP contribution in [0.25, 0.3) is 6.08 Å². The number of nitro benzene ring substituents is 1. The van der Waals surface area contributed by atoms with Gasteiger partial charge in [-0.2, -0.15) is 0 Å². The molecular weight excluding hydrogens is 342 g/mol. The van der Waals surface area contributed by atoms with E-state index in [-0.39, 0.29) is 17.1 Å². The van der Waals surface area contributed by atoms with Crippen molar-refractivity contribution in [1.29, 1.82) is 0 Å². The Labute approximate surface area is 149 Å². The Morgan fingerprint density at radius 2 is 1.77 bits per heavy atom. The van der Waals surface area contributed by atoms with Crippen LogP contribution in [-0.4, -0.2) is 37.1 Å². The number of rotatable bonds is 7. The van der Waals surface area contributed by atoms with Crippen LogP contribution < -0.4 is 14.2 Å². The van der Waals surface area contributed by atoms with Gasteiger partial charge in [0.1, 0.15) is 11.5 Å². The number of phenolic OH excluding ortho intramolecular Hbond substituents is 1. The number of hydrogen-bond acceptors (Lipinski definition) is 7. The van der Waals surface area contributed by atoms with Gasteiger partial charge in [-0.3, -0.25) is 14.9 Å². The number of nitro groups is 1. The second-order valence-corrected chi connectivity index (χ2v) is 5.11. The molecule has 0 unspecified atom stereocenters. The van der Waals surface area contributed by atoms with E-state index in [0.717, 1.165) is 6.07 Å². The first kappa shape index (κ1) is 18.8. The maximum Gasteiger partial charge on any atom is 0.315 e. The molecule has 0 spiro atoms. The van der Waals surface area contributed by atoms with Crippen molar-refractivity contribution >= 4 is 17.5 Å². The monoisotopic (exact) mass is 359 g/mol. The van der Waals surface area contributed by atoms with E-state index in [4.69, 9.17) is 14.2 Å². The van der Waals surface area contributed by atoms with Gasteiger partial charge >= 0.3 is 5.69 Å². The van der Waals surface area contributed by atoms with Crippen molar-refractivity contribution in [3.63, 3.8) is 0 Å². The molecule has 1 N–H and O–H groups in total. The van der Waals surface area contributed by atoms with Crippen LogP contribution >= 0.6 is 0 Å². The van der Waals surface area contributed by atoms with Crippen molar-refractivity contribution < 1.29 is 29.0 Å². The Morgan fingerprint density at radius 3 is 2.35 bits per heavy atom. The van der Waals surface area contributed by atoms with Crippen LogP contribution in [0.3, 0.4) is 0 Å². The number of phenols is 1. The molecule has 2 aromatic carbocycles.